The van der Waals surface area contributed by atoms with Crippen molar-refractivity contribution in [1.29, 1.82) is 0 Å². The monoisotopic (exact) mass is 160 g/mol. The molecule has 0 bridgehead atoms. The number of rotatable bonds is 2. The Hall–Kier alpha value is -0.610. The summed E-state index contributed by atoms with van der Waals surface area (Å²) in [4.78, 5) is 10.6. The maximum atomic E-state index is 10.6. The highest BCUT2D eigenvalue weighted by Gasteiger charge is 2.30. The standard InChI is InChI=1S/C7H12O4/c8-3-5-4-11-2-1-6(5)7(9)10/h5-6,8H,1-4H2,(H,9,10). The van der Waals surface area contributed by atoms with E-state index >= 15 is 0 Å². The maximum Gasteiger partial charge on any atom is 0.307 e. The van der Waals surface area contributed by atoms with Crippen LogP contribution in [0.15, 0.2) is 0 Å². The van der Waals surface area contributed by atoms with E-state index in [4.69, 9.17) is 14.9 Å². The van der Waals surface area contributed by atoms with Crippen LogP contribution in [0.5, 0.6) is 0 Å². The van der Waals surface area contributed by atoms with Gasteiger partial charge in [0.1, 0.15) is 0 Å². The maximum absolute atomic E-state index is 10.6. The zero-order valence-corrected chi connectivity index (χ0v) is 6.19. The van der Waals surface area contributed by atoms with Crippen LogP contribution < -0.4 is 0 Å². The SMILES string of the molecule is O=C(O)C1CCOCC1CO. The van der Waals surface area contributed by atoms with Gasteiger partial charge in [-0.25, -0.2) is 0 Å². The van der Waals surface area contributed by atoms with Gasteiger partial charge < -0.3 is 14.9 Å². The molecule has 0 aromatic carbocycles. The number of aliphatic hydroxyl groups is 1. The van der Waals surface area contributed by atoms with E-state index in [0.29, 0.717) is 19.6 Å². The summed E-state index contributed by atoms with van der Waals surface area (Å²) in [5.74, 6) is -1.47. The van der Waals surface area contributed by atoms with Crippen LogP contribution in [-0.4, -0.2) is 36.0 Å². The Labute approximate surface area is 64.8 Å². The number of aliphatic carboxylic acids is 1. The molecule has 2 atom stereocenters. The second-order valence-electron chi connectivity index (χ2n) is 2.75. The third-order valence-corrected chi connectivity index (χ3v) is 2.03. The Morgan fingerprint density at radius 2 is 2.36 bits per heavy atom. The van der Waals surface area contributed by atoms with Gasteiger partial charge in [-0.05, 0) is 6.42 Å². The predicted octanol–water partition coefficient (Wildman–Crippen LogP) is -0.284. The molecule has 4 heteroatoms. The summed E-state index contributed by atoms with van der Waals surface area (Å²) in [5, 5.41) is 17.4. The molecule has 0 aliphatic carbocycles. The molecule has 0 saturated carbocycles. The average molecular weight is 160 g/mol. The normalized spacial score (nSPS) is 31.7. The third kappa shape index (κ3) is 1.91. The van der Waals surface area contributed by atoms with E-state index in [9.17, 15) is 4.79 Å². The summed E-state index contributed by atoms with van der Waals surface area (Å²) in [6, 6.07) is 0. The molecule has 0 aromatic rings. The summed E-state index contributed by atoms with van der Waals surface area (Å²) < 4.78 is 5.03. The molecule has 2 unspecified atom stereocenters. The van der Waals surface area contributed by atoms with Crippen molar-refractivity contribution >= 4 is 5.97 Å². The van der Waals surface area contributed by atoms with E-state index in [0.717, 1.165) is 0 Å². The molecule has 1 aliphatic rings. The van der Waals surface area contributed by atoms with Gasteiger partial charge in [0.2, 0.25) is 0 Å². The lowest BCUT2D eigenvalue weighted by Crippen LogP contribution is -2.35. The smallest absolute Gasteiger partial charge is 0.307 e. The van der Waals surface area contributed by atoms with E-state index in [1.807, 2.05) is 0 Å². The van der Waals surface area contributed by atoms with Crippen LogP contribution in [0.2, 0.25) is 0 Å². The lowest BCUT2D eigenvalue weighted by molar-refractivity contribution is -0.149. The van der Waals surface area contributed by atoms with Crippen molar-refractivity contribution in [2.24, 2.45) is 11.8 Å². The second-order valence-corrected chi connectivity index (χ2v) is 2.75. The van der Waals surface area contributed by atoms with Crippen molar-refractivity contribution in [2.45, 2.75) is 6.42 Å². The van der Waals surface area contributed by atoms with Gasteiger partial charge in [0.15, 0.2) is 0 Å². The fourth-order valence-corrected chi connectivity index (χ4v) is 1.30. The number of ether oxygens (including phenoxy) is 1. The Morgan fingerprint density at radius 3 is 2.82 bits per heavy atom. The van der Waals surface area contributed by atoms with Crippen molar-refractivity contribution in [3.8, 4) is 0 Å². The van der Waals surface area contributed by atoms with Gasteiger partial charge >= 0.3 is 5.97 Å². The number of aliphatic hydroxyl groups excluding tert-OH is 1. The summed E-state index contributed by atoms with van der Waals surface area (Å²) in [6.45, 7) is 0.762. The van der Waals surface area contributed by atoms with Crippen LogP contribution in [0.25, 0.3) is 0 Å². The quantitative estimate of drug-likeness (QED) is 0.582. The van der Waals surface area contributed by atoms with Crippen LogP contribution in [0, 0.1) is 11.8 Å². The zero-order valence-electron chi connectivity index (χ0n) is 6.19. The van der Waals surface area contributed by atoms with E-state index in [-0.39, 0.29) is 12.5 Å². The molecule has 0 aromatic heterocycles. The van der Waals surface area contributed by atoms with Crippen LogP contribution >= 0.6 is 0 Å². The Balaban J connectivity index is 2.51. The average Bonchev–Trinajstić information content (AvgIpc) is 2.04. The molecule has 2 N–H and O–H groups in total. The Bertz CT molecular complexity index is 145. The minimum absolute atomic E-state index is 0.100. The molecule has 4 nitrogen and oxygen atoms in total. The minimum atomic E-state index is -0.827. The van der Waals surface area contributed by atoms with Gasteiger partial charge in [-0.3, -0.25) is 4.79 Å². The van der Waals surface area contributed by atoms with Gasteiger partial charge in [-0.1, -0.05) is 0 Å². The lowest BCUT2D eigenvalue weighted by Gasteiger charge is -2.26. The van der Waals surface area contributed by atoms with Crippen molar-refractivity contribution in [3.05, 3.63) is 0 Å². The van der Waals surface area contributed by atoms with Gasteiger partial charge in [0, 0.05) is 19.1 Å². The zero-order chi connectivity index (χ0) is 8.27. The molecule has 0 amide bonds. The lowest BCUT2D eigenvalue weighted by atomic mass is 9.89. The molecule has 1 rings (SSSR count). The third-order valence-electron chi connectivity index (χ3n) is 2.03. The molecular formula is C7H12O4. The Morgan fingerprint density at radius 1 is 1.64 bits per heavy atom. The molecular weight excluding hydrogens is 148 g/mol. The van der Waals surface area contributed by atoms with E-state index in [1.54, 1.807) is 0 Å². The van der Waals surface area contributed by atoms with Crippen molar-refractivity contribution in [3.63, 3.8) is 0 Å². The fourth-order valence-electron chi connectivity index (χ4n) is 1.30. The number of carboxylic acid groups (broad SMARTS) is 1. The van der Waals surface area contributed by atoms with Gasteiger partial charge in [-0.2, -0.15) is 0 Å². The predicted molar refractivity (Wildman–Crippen MR) is 37.1 cm³/mol. The summed E-state index contributed by atoms with van der Waals surface area (Å²) >= 11 is 0. The van der Waals surface area contributed by atoms with Gasteiger partial charge in [0.05, 0.1) is 12.5 Å². The molecule has 0 spiro atoms. The van der Waals surface area contributed by atoms with E-state index in [2.05, 4.69) is 0 Å². The number of carbonyl (C=O) groups is 1. The molecule has 1 saturated heterocycles. The molecule has 1 fully saturated rings. The highest BCUT2D eigenvalue weighted by atomic mass is 16.5. The number of hydrogen-bond donors (Lipinski definition) is 2. The highest BCUT2D eigenvalue weighted by molar-refractivity contribution is 5.70. The second kappa shape index (κ2) is 3.69. The van der Waals surface area contributed by atoms with Crippen LogP contribution in [0.3, 0.4) is 0 Å². The number of carboxylic acids is 1. The van der Waals surface area contributed by atoms with Crippen LogP contribution in [-0.2, 0) is 9.53 Å². The van der Waals surface area contributed by atoms with Crippen LogP contribution in [0.4, 0.5) is 0 Å². The summed E-state index contributed by atoms with van der Waals surface area (Å²) in [7, 11) is 0. The molecule has 1 aliphatic heterocycles. The first-order chi connectivity index (χ1) is 5.25. The largest absolute Gasteiger partial charge is 0.481 e. The van der Waals surface area contributed by atoms with Crippen molar-refractivity contribution in [2.75, 3.05) is 19.8 Å². The first-order valence-electron chi connectivity index (χ1n) is 3.67. The summed E-state index contributed by atoms with van der Waals surface area (Å²) in [5.41, 5.74) is 0. The fraction of sp³-hybridized carbons (Fsp3) is 0.857. The van der Waals surface area contributed by atoms with Crippen LogP contribution in [0.1, 0.15) is 6.42 Å². The first kappa shape index (κ1) is 8.49. The number of hydrogen-bond acceptors (Lipinski definition) is 3. The Kier molecular flexibility index (Phi) is 2.84. The molecule has 64 valence electrons. The van der Waals surface area contributed by atoms with Crippen molar-refractivity contribution in [1.82, 2.24) is 0 Å². The minimum Gasteiger partial charge on any atom is -0.481 e. The van der Waals surface area contributed by atoms with E-state index < -0.39 is 11.9 Å². The molecule has 1 heterocycles. The molecule has 0 radical (unpaired) electrons. The van der Waals surface area contributed by atoms with Crippen molar-refractivity contribution < 1.29 is 19.7 Å². The highest BCUT2D eigenvalue weighted by Crippen LogP contribution is 2.21. The molecule has 11 heavy (non-hydrogen) atoms. The first-order valence-corrected chi connectivity index (χ1v) is 3.67. The van der Waals surface area contributed by atoms with Gasteiger partial charge in [0.25, 0.3) is 0 Å². The summed E-state index contributed by atoms with van der Waals surface area (Å²) in [6.07, 6.45) is 0.514. The van der Waals surface area contributed by atoms with Gasteiger partial charge in [-0.15, -0.1) is 0 Å². The topological polar surface area (TPSA) is 66.8 Å². The van der Waals surface area contributed by atoms with E-state index in [1.165, 1.54) is 0 Å².